The highest BCUT2D eigenvalue weighted by atomic mass is 32.1. The van der Waals surface area contributed by atoms with E-state index >= 15 is 0 Å². The van der Waals surface area contributed by atoms with Gasteiger partial charge in [0.15, 0.2) is 5.78 Å². The van der Waals surface area contributed by atoms with Gasteiger partial charge in [-0.3, -0.25) is 9.48 Å². The van der Waals surface area contributed by atoms with Gasteiger partial charge >= 0.3 is 0 Å². The fourth-order valence-electron chi connectivity index (χ4n) is 1.92. The van der Waals surface area contributed by atoms with Crippen molar-refractivity contribution in [2.24, 2.45) is 7.05 Å². The molecule has 0 unspecified atom stereocenters. The van der Waals surface area contributed by atoms with Gasteiger partial charge in [0.1, 0.15) is 5.01 Å². The number of aryl methyl sites for hydroxylation is 2. The van der Waals surface area contributed by atoms with E-state index in [1.54, 1.807) is 10.9 Å². The van der Waals surface area contributed by atoms with Crippen LogP contribution in [0.25, 0.3) is 10.6 Å². The molecule has 0 atom stereocenters. The van der Waals surface area contributed by atoms with Gasteiger partial charge < -0.3 is 0 Å². The Bertz CT molecular complexity index is 555. The number of Topliss-reactive ketones (excluding diaryl/α,β-unsaturated/α-hetero) is 1. The smallest absolute Gasteiger partial charge is 0.174 e. The first-order chi connectivity index (χ1) is 7.74. The van der Waals surface area contributed by atoms with Gasteiger partial charge in [-0.15, -0.1) is 11.3 Å². The van der Waals surface area contributed by atoms with Gasteiger partial charge in [0, 0.05) is 25.2 Å². The zero-order valence-electron chi connectivity index (χ0n) is 8.93. The lowest BCUT2D eigenvalue weighted by Crippen LogP contribution is -2.07. The zero-order chi connectivity index (χ0) is 11.1. The summed E-state index contributed by atoms with van der Waals surface area (Å²) < 4.78 is 1.75. The van der Waals surface area contributed by atoms with Crippen LogP contribution < -0.4 is 0 Å². The van der Waals surface area contributed by atoms with E-state index in [-0.39, 0.29) is 5.78 Å². The monoisotopic (exact) mass is 233 g/mol. The molecule has 0 spiro atoms. The number of nitrogens with zero attached hydrogens (tertiary/aromatic N) is 3. The summed E-state index contributed by atoms with van der Waals surface area (Å²) in [5.41, 5.74) is 1.97. The van der Waals surface area contributed by atoms with Crippen molar-refractivity contribution in [3.63, 3.8) is 0 Å². The Kier molecular flexibility index (Phi) is 2.14. The standard InChI is InChI=1S/C11H11N3OS/c1-14-6-7(5-12-14)11-13-8-3-2-4-9(15)10(8)16-11/h5-6H,2-4H2,1H3. The minimum Gasteiger partial charge on any atom is -0.293 e. The number of thiazole rings is 1. The van der Waals surface area contributed by atoms with Crippen LogP contribution in [-0.2, 0) is 13.5 Å². The van der Waals surface area contributed by atoms with Crippen LogP contribution in [0.5, 0.6) is 0 Å². The second kappa shape index (κ2) is 3.52. The van der Waals surface area contributed by atoms with Crippen molar-refractivity contribution in [1.29, 1.82) is 0 Å². The predicted molar refractivity (Wildman–Crippen MR) is 61.6 cm³/mol. The van der Waals surface area contributed by atoms with Crippen molar-refractivity contribution in [3.8, 4) is 10.6 Å². The van der Waals surface area contributed by atoms with Gasteiger partial charge in [0.25, 0.3) is 0 Å². The molecule has 16 heavy (non-hydrogen) atoms. The fourth-order valence-corrected chi connectivity index (χ4v) is 2.98. The van der Waals surface area contributed by atoms with Crippen LogP contribution in [0.1, 0.15) is 28.2 Å². The van der Waals surface area contributed by atoms with Gasteiger partial charge in [0.2, 0.25) is 0 Å². The highest BCUT2D eigenvalue weighted by Crippen LogP contribution is 2.32. The van der Waals surface area contributed by atoms with Gasteiger partial charge in [-0.05, 0) is 12.8 Å². The van der Waals surface area contributed by atoms with E-state index < -0.39 is 0 Å². The number of fused-ring (bicyclic) bond motifs is 1. The number of aromatic nitrogens is 3. The third kappa shape index (κ3) is 1.48. The van der Waals surface area contributed by atoms with Crippen molar-refractivity contribution in [2.75, 3.05) is 0 Å². The molecule has 0 fully saturated rings. The molecule has 2 aromatic heterocycles. The third-order valence-electron chi connectivity index (χ3n) is 2.72. The summed E-state index contributed by atoms with van der Waals surface area (Å²) in [6.45, 7) is 0. The largest absolute Gasteiger partial charge is 0.293 e. The van der Waals surface area contributed by atoms with Gasteiger partial charge in [-0.2, -0.15) is 5.10 Å². The number of carbonyl (C=O) groups excluding carboxylic acids is 1. The van der Waals surface area contributed by atoms with Crippen LogP contribution in [0.4, 0.5) is 0 Å². The summed E-state index contributed by atoms with van der Waals surface area (Å²) in [7, 11) is 1.88. The van der Waals surface area contributed by atoms with Crippen LogP contribution in [0.15, 0.2) is 12.4 Å². The highest BCUT2D eigenvalue weighted by molar-refractivity contribution is 7.17. The van der Waals surface area contributed by atoms with Crippen LogP contribution in [0.3, 0.4) is 0 Å². The molecule has 0 radical (unpaired) electrons. The minimum atomic E-state index is 0.244. The third-order valence-corrected chi connectivity index (χ3v) is 3.91. The normalized spacial score (nSPS) is 15.2. The van der Waals surface area contributed by atoms with Crippen LogP contribution in [0.2, 0.25) is 0 Å². The Balaban J connectivity index is 2.07. The summed E-state index contributed by atoms with van der Waals surface area (Å²) in [6, 6.07) is 0. The molecule has 2 aromatic rings. The van der Waals surface area contributed by atoms with Crippen molar-refractivity contribution < 1.29 is 4.79 Å². The Morgan fingerprint density at radius 3 is 3.00 bits per heavy atom. The van der Waals surface area contributed by atoms with E-state index in [2.05, 4.69) is 10.1 Å². The Hall–Kier alpha value is -1.49. The van der Waals surface area contributed by atoms with Gasteiger partial charge in [-0.25, -0.2) is 4.98 Å². The molecule has 3 rings (SSSR count). The minimum absolute atomic E-state index is 0.244. The predicted octanol–water partition coefficient (Wildman–Crippen LogP) is 2.06. The van der Waals surface area contributed by atoms with Crippen molar-refractivity contribution in [2.45, 2.75) is 19.3 Å². The lowest BCUT2D eigenvalue weighted by Gasteiger charge is -2.06. The van der Waals surface area contributed by atoms with Crippen molar-refractivity contribution in [3.05, 3.63) is 23.0 Å². The molecule has 5 heteroatoms. The van der Waals surface area contributed by atoms with Crippen LogP contribution >= 0.6 is 11.3 Å². The molecule has 1 aliphatic carbocycles. The van der Waals surface area contributed by atoms with E-state index in [1.165, 1.54) is 11.3 Å². The maximum atomic E-state index is 11.7. The second-order valence-corrected chi connectivity index (χ2v) is 4.97. The lowest BCUT2D eigenvalue weighted by molar-refractivity contribution is 0.0976. The zero-order valence-corrected chi connectivity index (χ0v) is 9.75. The number of hydrogen-bond donors (Lipinski definition) is 0. The molecule has 0 N–H and O–H groups in total. The van der Waals surface area contributed by atoms with E-state index in [0.29, 0.717) is 6.42 Å². The first-order valence-electron chi connectivity index (χ1n) is 5.26. The topological polar surface area (TPSA) is 47.8 Å². The van der Waals surface area contributed by atoms with Gasteiger partial charge in [-0.1, -0.05) is 0 Å². The summed E-state index contributed by atoms with van der Waals surface area (Å²) in [5, 5.41) is 5.03. The number of carbonyl (C=O) groups is 1. The van der Waals surface area contributed by atoms with E-state index in [9.17, 15) is 4.79 Å². The summed E-state index contributed by atoms with van der Waals surface area (Å²) >= 11 is 1.50. The number of hydrogen-bond acceptors (Lipinski definition) is 4. The number of ketones is 1. The van der Waals surface area contributed by atoms with E-state index in [1.807, 2.05) is 13.2 Å². The van der Waals surface area contributed by atoms with Gasteiger partial charge in [0.05, 0.1) is 16.8 Å². The highest BCUT2D eigenvalue weighted by Gasteiger charge is 2.22. The molecule has 2 heterocycles. The summed E-state index contributed by atoms with van der Waals surface area (Å²) in [5.74, 6) is 0.244. The second-order valence-electron chi connectivity index (χ2n) is 3.97. The molecule has 0 saturated heterocycles. The average Bonchev–Trinajstić information content (AvgIpc) is 2.84. The molecule has 0 amide bonds. The van der Waals surface area contributed by atoms with Crippen LogP contribution in [0, 0.1) is 0 Å². The Labute approximate surface area is 96.9 Å². The quantitative estimate of drug-likeness (QED) is 0.757. The fraction of sp³-hybridized carbons (Fsp3) is 0.364. The first-order valence-corrected chi connectivity index (χ1v) is 6.07. The van der Waals surface area contributed by atoms with Crippen molar-refractivity contribution >= 4 is 17.1 Å². The Morgan fingerprint density at radius 1 is 1.44 bits per heavy atom. The maximum absolute atomic E-state index is 11.7. The molecular formula is C11H11N3OS. The summed E-state index contributed by atoms with van der Waals surface area (Å²) in [6.07, 6.45) is 6.24. The van der Waals surface area contributed by atoms with E-state index in [0.717, 1.165) is 34.0 Å². The summed E-state index contributed by atoms with van der Waals surface area (Å²) in [4.78, 5) is 17.1. The van der Waals surface area contributed by atoms with Crippen LogP contribution in [-0.4, -0.2) is 20.5 Å². The van der Waals surface area contributed by atoms with E-state index in [4.69, 9.17) is 0 Å². The molecule has 0 aliphatic heterocycles. The first kappa shape index (κ1) is 9.72. The SMILES string of the molecule is Cn1cc(-c2nc3c(s2)C(=O)CCC3)cn1. The molecule has 0 aromatic carbocycles. The molecule has 0 bridgehead atoms. The average molecular weight is 233 g/mol. The molecule has 0 saturated carbocycles. The van der Waals surface area contributed by atoms with Crippen molar-refractivity contribution in [1.82, 2.24) is 14.8 Å². The molecule has 1 aliphatic rings. The Morgan fingerprint density at radius 2 is 2.31 bits per heavy atom. The lowest BCUT2D eigenvalue weighted by atomic mass is 10.0. The molecule has 82 valence electrons. The number of rotatable bonds is 1. The molecular weight excluding hydrogens is 222 g/mol. The molecule has 4 nitrogen and oxygen atoms in total. The maximum Gasteiger partial charge on any atom is 0.174 e.